The summed E-state index contributed by atoms with van der Waals surface area (Å²) in [5.41, 5.74) is -5.81. The number of carboxylic acids is 8. The maximum Gasteiger partial charge on any atom is 0.355 e. The van der Waals surface area contributed by atoms with E-state index in [2.05, 4.69) is 4.98 Å². The number of pyridine rings is 1. The van der Waals surface area contributed by atoms with Gasteiger partial charge in [-0.3, -0.25) is 0 Å². The molecule has 0 atom stereocenters. The number of aromatic carboxylic acids is 8. The molecule has 55 heavy (non-hydrogen) atoms. The highest BCUT2D eigenvalue weighted by atomic mass is 28.3. The van der Waals surface area contributed by atoms with E-state index in [0.29, 0.717) is 16.6 Å². The second-order valence-corrected chi connectivity index (χ2v) is 15.0. The van der Waals surface area contributed by atoms with Gasteiger partial charge in [0.1, 0.15) is 5.56 Å². The minimum atomic E-state index is -3.48. The van der Waals surface area contributed by atoms with Crippen molar-refractivity contribution in [3.05, 3.63) is 148 Å². The van der Waals surface area contributed by atoms with Crippen molar-refractivity contribution in [3.63, 3.8) is 0 Å². The van der Waals surface area contributed by atoms with Crippen LogP contribution in [0, 0.1) is 0 Å². The smallest absolute Gasteiger partial charge is 0.355 e. The topological polar surface area (TPSA) is 311 Å². The number of nitrogens with zero attached hydrogens (tertiary/aromatic N) is 1. The van der Waals surface area contributed by atoms with Crippen LogP contribution in [0.1, 0.15) is 83.0 Å². The Labute approximate surface area is 308 Å². The average Bonchev–Trinajstić information content (AvgIpc) is 3.15. The van der Waals surface area contributed by atoms with Crippen molar-refractivity contribution < 1.29 is 79.2 Å². The lowest BCUT2D eigenvalue weighted by atomic mass is 10.0. The van der Waals surface area contributed by atoms with Crippen molar-refractivity contribution in [1.82, 2.24) is 4.98 Å². The quantitative estimate of drug-likeness (QED) is 0.0662. The van der Waals surface area contributed by atoms with Gasteiger partial charge >= 0.3 is 47.8 Å². The Bertz CT molecular complexity index is 2240. The summed E-state index contributed by atoms with van der Waals surface area (Å²) < 4.78 is 0. The molecule has 17 nitrogen and oxygen atoms in total. The molecular weight excluding hydrogens is 742 g/mol. The van der Waals surface area contributed by atoms with E-state index in [1.807, 2.05) is 24.3 Å². The molecule has 0 unspecified atom stereocenters. The van der Waals surface area contributed by atoms with E-state index < -0.39 is 89.3 Å². The van der Waals surface area contributed by atoms with Crippen molar-refractivity contribution in [2.24, 2.45) is 0 Å². The van der Waals surface area contributed by atoms with E-state index in [-0.39, 0.29) is 11.1 Å². The fourth-order valence-corrected chi connectivity index (χ4v) is 10.7. The largest absolute Gasteiger partial charge is 0.478 e. The first-order valence-electron chi connectivity index (χ1n) is 15.2. The van der Waals surface area contributed by atoms with E-state index in [1.165, 1.54) is 24.3 Å². The molecular formula is C37H25NO16Si. The number of rotatable bonds is 12. The van der Waals surface area contributed by atoms with Gasteiger partial charge in [-0.2, -0.15) is 0 Å². The van der Waals surface area contributed by atoms with Crippen LogP contribution in [0.2, 0.25) is 0 Å². The Balaban J connectivity index is 0.000000314. The normalized spacial score (nSPS) is 10.6. The van der Waals surface area contributed by atoms with Gasteiger partial charge in [-0.05, 0) is 45.0 Å². The summed E-state index contributed by atoms with van der Waals surface area (Å²) in [5, 5.41) is 76.3. The van der Waals surface area contributed by atoms with Crippen LogP contribution >= 0.6 is 0 Å². The molecule has 1 heterocycles. The standard InChI is InChI=1S/C28H20O8Si.C9H5NO8/c29-25(30)21-13-11-19(15-23(21)27(33)34)37(17-7-3-1-4-8-17,18-9-5-2-6-10-18)20-12-14-22(26(31)32)24(16-20)28(35)36;11-6(12)2-1-10-5(9(17)18)4(8(15)16)3(2)7(13)14/h1-16H,(H,29,30)(H,31,32)(H,33,34)(H,35,36);1H,(H,11,12)(H,13,14)(H,15,16)(H,17,18). The Morgan fingerprint density at radius 2 is 0.727 bits per heavy atom. The first kappa shape index (κ1) is 39.8. The van der Waals surface area contributed by atoms with Gasteiger partial charge in [-0.15, -0.1) is 0 Å². The third-order valence-electron chi connectivity index (χ3n) is 8.18. The molecule has 0 aliphatic rings. The maximum absolute atomic E-state index is 12.1. The number of carbonyl (C=O) groups is 8. The highest BCUT2D eigenvalue weighted by Crippen LogP contribution is 2.19. The molecule has 0 aliphatic heterocycles. The van der Waals surface area contributed by atoms with E-state index in [4.69, 9.17) is 20.4 Å². The predicted molar refractivity (Wildman–Crippen MR) is 190 cm³/mol. The third-order valence-corrected chi connectivity index (χ3v) is 12.9. The molecule has 1 aromatic heterocycles. The van der Waals surface area contributed by atoms with Crippen molar-refractivity contribution in [2.75, 3.05) is 0 Å². The highest BCUT2D eigenvalue weighted by Gasteiger charge is 2.43. The van der Waals surface area contributed by atoms with Crippen LogP contribution in [-0.2, 0) is 0 Å². The van der Waals surface area contributed by atoms with Crippen LogP contribution in [0.3, 0.4) is 0 Å². The molecule has 4 aromatic carbocycles. The van der Waals surface area contributed by atoms with Crippen molar-refractivity contribution in [3.8, 4) is 0 Å². The molecule has 0 saturated carbocycles. The van der Waals surface area contributed by atoms with Gasteiger partial charge < -0.3 is 40.9 Å². The lowest BCUT2D eigenvalue weighted by Crippen LogP contribution is -2.75. The number of carboxylic acid groups (broad SMARTS) is 8. The van der Waals surface area contributed by atoms with Gasteiger partial charge in [-0.1, -0.05) is 72.8 Å². The van der Waals surface area contributed by atoms with E-state index in [9.17, 15) is 58.8 Å². The zero-order valence-corrected chi connectivity index (χ0v) is 28.6. The van der Waals surface area contributed by atoms with Crippen LogP contribution in [-0.4, -0.2) is 102 Å². The lowest BCUT2D eigenvalue weighted by molar-refractivity contribution is 0.0615. The van der Waals surface area contributed by atoms with E-state index in [0.717, 1.165) is 10.4 Å². The van der Waals surface area contributed by atoms with Crippen LogP contribution < -0.4 is 20.7 Å². The van der Waals surface area contributed by atoms with Crippen molar-refractivity contribution in [1.29, 1.82) is 0 Å². The van der Waals surface area contributed by atoms with E-state index in [1.54, 1.807) is 48.5 Å². The molecule has 0 fully saturated rings. The van der Waals surface area contributed by atoms with Crippen molar-refractivity contribution >= 4 is 76.6 Å². The first-order valence-corrected chi connectivity index (χ1v) is 17.2. The third kappa shape index (κ3) is 7.78. The summed E-state index contributed by atoms with van der Waals surface area (Å²) in [6.45, 7) is 0. The summed E-state index contributed by atoms with van der Waals surface area (Å²) in [5.74, 6) is -12.9. The second-order valence-electron chi connectivity index (χ2n) is 11.2. The molecule has 5 aromatic rings. The average molecular weight is 768 g/mol. The van der Waals surface area contributed by atoms with Crippen molar-refractivity contribution in [2.45, 2.75) is 0 Å². The van der Waals surface area contributed by atoms with Gasteiger partial charge in [0, 0.05) is 6.20 Å². The molecule has 0 saturated heterocycles. The monoisotopic (exact) mass is 767 g/mol. The van der Waals surface area contributed by atoms with Crippen LogP contribution in [0.15, 0.2) is 103 Å². The minimum absolute atomic E-state index is 0.382. The van der Waals surface area contributed by atoms with Gasteiger partial charge in [-0.25, -0.2) is 43.3 Å². The van der Waals surface area contributed by atoms with Gasteiger partial charge in [0.2, 0.25) is 0 Å². The summed E-state index contributed by atoms with van der Waals surface area (Å²) in [6, 6.07) is 26.4. The fraction of sp³-hybridized carbons (Fsp3) is 0. The molecule has 0 amide bonds. The zero-order chi connectivity index (χ0) is 40.8. The van der Waals surface area contributed by atoms with Gasteiger partial charge in [0.05, 0.1) is 33.4 Å². The Kier molecular flexibility index (Phi) is 11.7. The Hall–Kier alpha value is -7.99. The first-order chi connectivity index (χ1) is 25.9. The van der Waals surface area contributed by atoms with E-state index >= 15 is 0 Å². The molecule has 278 valence electrons. The zero-order valence-electron chi connectivity index (χ0n) is 27.6. The Morgan fingerprint density at radius 3 is 1.04 bits per heavy atom. The predicted octanol–water partition coefficient (Wildman–Crippen LogP) is 1.73. The molecule has 0 bridgehead atoms. The van der Waals surface area contributed by atoms with Crippen LogP contribution in [0.4, 0.5) is 0 Å². The minimum Gasteiger partial charge on any atom is -0.478 e. The molecule has 8 N–H and O–H groups in total. The lowest BCUT2D eigenvalue weighted by Gasteiger charge is -2.35. The summed E-state index contributed by atoms with van der Waals surface area (Å²) in [7, 11) is -3.48. The molecule has 0 spiro atoms. The van der Waals surface area contributed by atoms with Gasteiger partial charge in [0.15, 0.2) is 13.8 Å². The highest BCUT2D eigenvalue weighted by molar-refractivity contribution is 7.20. The number of hydrogen-bond acceptors (Lipinski definition) is 9. The summed E-state index contributed by atoms with van der Waals surface area (Å²) in [6.07, 6.45) is 0.488. The molecule has 5 rings (SSSR count). The second kappa shape index (κ2) is 16.1. The SMILES string of the molecule is O=C(O)c1ccc([Si](c2ccccc2)(c2ccccc2)c2ccc(C(=O)O)c(C(=O)O)c2)cc1C(=O)O.O=C(O)c1cnc(C(=O)O)c(C(=O)O)c1C(=O)O. The maximum atomic E-state index is 12.1. The van der Waals surface area contributed by atoms with Gasteiger partial charge in [0.25, 0.3) is 0 Å². The Morgan fingerprint density at radius 1 is 0.364 bits per heavy atom. The molecule has 0 aliphatic carbocycles. The number of benzene rings is 4. The molecule has 18 heteroatoms. The summed E-state index contributed by atoms with van der Waals surface area (Å²) in [4.78, 5) is 94.0. The van der Waals surface area contributed by atoms with Crippen LogP contribution in [0.25, 0.3) is 0 Å². The fourth-order valence-electron chi connectivity index (χ4n) is 5.92. The summed E-state index contributed by atoms with van der Waals surface area (Å²) >= 11 is 0. The molecule has 0 radical (unpaired) electrons. The number of hydrogen-bond donors (Lipinski definition) is 8. The van der Waals surface area contributed by atoms with Crippen LogP contribution in [0.5, 0.6) is 0 Å². The number of aromatic nitrogens is 1.